The van der Waals surface area contributed by atoms with E-state index in [1.807, 2.05) is 6.92 Å². The SMILES string of the molecule is CCCC1(C(=O)N2CCC(C)C2C(=O)O)CCCN1. The normalized spacial score (nSPS) is 34.7. The van der Waals surface area contributed by atoms with E-state index >= 15 is 0 Å². The minimum Gasteiger partial charge on any atom is -0.480 e. The number of carbonyl (C=O) groups is 2. The predicted molar refractivity (Wildman–Crippen MR) is 71.8 cm³/mol. The number of carboxylic acids is 1. The summed E-state index contributed by atoms with van der Waals surface area (Å²) in [6.07, 6.45) is 4.33. The molecule has 3 unspecified atom stereocenters. The first-order chi connectivity index (χ1) is 9.02. The van der Waals surface area contributed by atoms with Crippen LogP contribution in [-0.4, -0.2) is 46.6 Å². The number of carboxylic acid groups (broad SMARTS) is 1. The quantitative estimate of drug-likeness (QED) is 0.804. The molecule has 5 heteroatoms. The van der Waals surface area contributed by atoms with Gasteiger partial charge in [0.1, 0.15) is 6.04 Å². The van der Waals surface area contributed by atoms with Crippen molar-refractivity contribution in [2.75, 3.05) is 13.1 Å². The number of hydrogen-bond acceptors (Lipinski definition) is 3. The van der Waals surface area contributed by atoms with Gasteiger partial charge < -0.3 is 15.3 Å². The van der Waals surface area contributed by atoms with Gasteiger partial charge in [-0.15, -0.1) is 0 Å². The number of rotatable bonds is 4. The molecule has 5 nitrogen and oxygen atoms in total. The van der Waals surface area contributed by atoms with Crippen LogP contribution in [0.15, 0.2) is 0 Å². The topological polar surface area (TPSA) is 69.6 Å². The molecule has 0 aromatic rings. The smallest absolute Gasteiger partial charge is 0.326 e. The lowest BCUT2D eigenvalue weighted by Gasteiger charge is -2.35. The standard InChI is InChI=1S/C14H24N2O3/c1-3-6-14(7-4-8-15-14)13(19)16-9-5-10(2)11(16)12(17)18/h10-11,15H,3-9H2,1-2H3,(H,17,18). The molecule has 2 saturated heterocycles. The Labute approximate surface area is 114 Å². The van der Waals surface area contributed by atoms with E-state index in [4.69, 9.17) is 0 Å². The molecule has 0 bridgehead atoms. The summed E-state index contributed by atoms with van der Waals surface area (Å²) in [7, 11) is 0. The largest absolute Gasteiger partial charge is 0.480 e. The zero-order chi connectivity index (χ0) is 14.0. The fraction of sp³-hybridized carbons (Fsp3) is 0.857. The highest BCUT2D eigenvalue weighted by Gasteiger charge is 2.48. The molecule has 2 aliphatic rings. The molecule has 2 aliphatic heterocycles. The molecule has 3 atom stereocenters. The van der Waals surface area contributed by atoms with Gasteiger partial charge in [0, 0.05) is 6.54 Å². The summed E-state index contributed by atoms with van der Waals surface area (Å²) in [5, 5.41) is 12.7. The third-order valence-corrected chi connectivity index (χ3v) is 4.54. The molecule has 108 valence electrons. The van der Waals surface area contributed by atoms with Crippen LogP contribution in [0.4, 0.5) is 0 Å². The number of likely N-dealkylation sites (tertiary alicyclic amines) is 1. The van der Waals surface area contributed by atoms with E-state index in [2.05, 4.69) is 12.2 Å². The maximum Gasteiger partial charge on any atom is 0.326 e. The van der Waals surface area contributed by atoms with Crippen molar-refractivity contribution in [3.05, 3.63) is 0 Å². The van der Waals surface area contributed by atoms with Crippen LogP contribution < -0.4 is 5.32 Å². The molecule has 2 N–H and O–H groups in total. The van der Waals surface area contributed by atoms with Gasteiger partial charge in [-0.3, -0.25) is 4.79 Å². The summed E-state index contributed by atoms with van der Waals surface area (Å²) < 4.78 is 0. The second-order valence-corrected chi connectivity index (χ2v) is 5.91. The van der Waals surface area contributed by atoms with Crippen LogP contribution in [0.1, 0.15) is 46.0 Å². The fourth-order valence-corrected chi connectivity index (χ4v) is 3.56. The van der Waals surface area contributed by atoms with E-state index < -0.39 is 17.6 Å². The highest BCUT2D eigenvalue weighted by atomic mass is 16.4. The third-order valence-electron chi connectivity index (χ3n) is 4.54. The Morgan fingerprint density at radius 1 is 1.47 bits per heavy atom. The van der Waals surface area contributed by atoms with Gasteiger partial charge in [0.15, 0.2) is 0 Å². The molecule has 0 saturated carbocycles. The molecule has 2 rings (SSSR count). The fourth-order valence-electron chi connectivity index (χ4n) is 3.56. The minimum absolute atomic E-state index is 0.00333. The maximum absolute atomic E-state index is 12.8. The second kappa shape index (κ2) is 5.49. The highest BCUT2D eigenvalue weighted by molar-refractivity contribution is 5.91. The number of aliphatic carboxylic acids is 1. The van der Waals surface area contributed by atoms with Gasteiger partial charge in [0.25, 0.3) is 0 Å². The molecule has 0 aromatic carbocycles. The molecule has 1 amide bonds. The van der Waals surface area contributed by atoms with Crippen molar-refractivity contribution in [3.63, 3.8) is 0 Å². The third kappa shape index (κ3) is 2.48. The van der Waals surface area contributed by atoms with E-state index in [-0.39, 0.29) is 11.8 Å². The van der Waals surface area contributed by atoms with E-state index in [9.17, 15) is 14.7 Å². The predicted octanol–water partition coefficient (Wildman–Crippen LogP) is 1.23. The summed E-state index contributed by atoms with van der Waals surface area (Å²) in [5.74, 6) is -0.826. The van der Waals surface area contributed by atoms with E-state index in [0.29, 0.717) is 6.54 Å². The Bertz CT molecular complexity index is 364. The van der Waals surface area contributed by atoms with Crippen LogP contribution in [0.3, 0.4) is 0 Å². The summed E-state index contributed by atoms with van der Waals surface area (Å²) >= 11 is 0. The average Bonchev–Trinajstić information content (AvgIpc) is 2.96. The van der Waals surface area contributed by atoms with Crippen LogP contribution in [0.5, 0.6) is 0 Å². The van der Waals surface area contributed by atoms with Gasteiger partial charge >= 0.3 is 5.97 Å². The molecule has 0 spiro atoms. The first kappa shape index (κ1) is 14.3. The van der Waals surface area contributed by atoms with Crippen LogP contribution in [0.2, 0.25) is 0 Å². The summed E-state index contributed by atoms with van der Waals surface area (Å²) in [6, 6.07) is -0.649. The molecule has 0 radical (unpaired) electrons. The van der Waals surface area contributed by atoms with Gasteiger partial charge in [-0.25, -0.2) is 4.79 Å². The van der Waals surface area contributed by atoms with Gasteiger partial charge in [0.2, 0.25) is 5.91 Å². The van der Waals surface area contributed by atoms with Gasteiger partial charge in [-0.05, 0) is 38.1 Å². The molecule has 2 fully saturated rings. The van der Waals surface area contributed by atoms with Gasteiger partial charge in [-0.2, -0.15) is 0 Å². The molecule has 0 aromatic heterocycles. The van der Waals surface area contributed by atoms with Gasteiger partial charge in [0.05, 0.1) is 5.54 Å². The van der Waals surface area contributed by atoms with Crippen molar-refractivity contribution in [1.82, 2.24) is 10.2 Å². The van der Waals surface area contributed by atoms with Crippen molar-refractivity contribution in [2.24, 2.45) is 5.92 Å². The van der Waals surface area contributed by atoms with Crippen LogP contribution >= 0.6 is 0 Å². The van der Waals surface area contributed by atoms with Gasteiger partial charge in [-0.1, -0.05) is 20.3 Å². The Balaban J connectivity index is 2.20. The van der Waals surface area contributed by atoms with Crippen molar-refractivity contribution in [3.8, 4) is 0 Å². The average molecular weight is 268 g/mol. The Morgan fingerprint density at radius 3 is 2.74 bits per heavy atom. The number of nitrogens with zero attached hydrogens (tertiary/aromatic N) is 1. The number of amides is 1. The number of carbonyl (C=O) groups excluding carboxylic acids is 1. The molecular formula is C14H24N2O3. The Hall–Kier alpha value is -1.10. The number of nitrogens with one attached hydrogen (secondary N) is 1. The van der Waals surface area contributed by atoms with Crippen molar-refractivity contribution < 1.29 is 14.7 Å². The summed E-state index contributed by atoms with van der Waals surface area (Å²) in [4.78, 5) is 25.8. The van der Waals surface area contributed by atoms with Crippen LogP contribution in [-0.2, 0) is 9.59 Å². The van der Waals surface area contributed by atoms with E-state index in [1.54, 1.807) is 4.90 Å². The second-order valence-electron chi connectivity index (χ2n) is 5.91. The van der Waals surface area contributed by atoms with E-state index in [1.165, 1.54) is 0 Å². The lowest BCUT2D eigenvalue weighted by molar-refractivity contribution is -0.152. The lowest BCUT2D eigenvalue weighted by Crippen LogP contribution is -2.57. The Kier molecular flexibility index (Phi) is 4.13. The summed E-state index contributed by atoms with van der Waals surface area (Å²) in [6.45, 7) is 5.41. The summed E-state index contributed by atoms with van der Waals surface area (Å²) in [5.41, 5.74) is -0.507. The number of hydrogen-bond donors (Lipinski definition) is 2. The zero-order valence-corrected chi connectivity index (χ0v) is 11.8. The molecule has 2 heterocycles. The molecular weight excluding hydrogens is 244 g/mol. The van der Waals surface area contributed by atoms with Crippen molar-refractivity contribution >= 4 is 11.9 Å². The monoisotopic (exact) mass is 268 g/mol. The first-order valence-electron chi connectivity index (χ1n) is 7.31. The maximum atomic E-state index is 12.8. The molecule has 0 aliphatic carbocycles. The first-order valence-corrected chi connectivity index (χ1v) is 7.31. The van der Waals surface area contributed by atoms with E-state index in [0.717, 1.165) is 38.6 Å². The van der Waals surface area contributed by atoms with Crippen LogP contribution in [0, 0.1) is 5.92 Å². The minimum atomic E-state index is -0.872. The lowest BCUT2D eigenvalue weighted by atomic mass is 9.89. The van der Waals surface area contributed by atoms with Crippen molar-refractivity contribution in [2.45, 2.75) is 57.5 Å². The molecule has 19 heavy (non-hydrogen) atoms. The Morgan fingerprint density at radius 2 is 2.21 bits per heavy atom. The highest BCUT2D eigenvalue weighted by Crippen LogP contribution is 2.32. The van der Waals surface area contributed by atoms with Crippen LogP contribution in [0.25, 0.3) is 0 Å². The zero-order valence-electron chi connectivity index (χ0n) is 11.8. The van der Waals surface area contributed by atoms with Crippen molar-refractivity contribution in [1.29, 1.82) is 0 Å².